The Bertz CT molecular complexity index is 691. The smallest absolute Gasteiger partial charge is 0.187 e. The lowest BCUT2D eigenvalue weighted by molar-refractivity contribution is -0.258. The quantitative estimate of drug-likeness (QED) is 0.201. The molecule has 1 saturated heterocycles. The molecule has 5 atom stereocenters. The van der Waals surface area contributed by atoms with Crippen molar-refractivity contribution in [1.82, 2.24) is 0 Å². The van der Waals surface area contributed by atoms with Gasteiger partial charge in [-0.1, -0.05) is 0 Å². The van der Waals surface area contributed by atoms with Gasteiger partial charge in [0.1, 0.15) is 81.4 Å². The highest BCUT2D eigenvalue weighted by Gasteiger charge is 2.48. The highest BCUT2D eigenvalue weighted by atomic mass is 32.1. The predicted octanol–water partition coefficient (Wildman–Crippen LogP) is -1.22. The van der Waals surface area contributed by atoms with Crippen molar-refractivity contribution in [2.75, 3.05) is 33.0 Å². The third-order valence-electron chi connectivity index (χ3n) is 3.24. The van der Waals surface area contributed by atoms with Crippen LogP contribution in [0.1, 0.15) is 5.48 Å². The molecule has 1 unspecified atom stereocenters. The maximum atomic E-state index is 11.1. The van der Waals surface area contributed by atoms with E-state index in [1.807, 2.05) is 0 Å². The summed E-state index contributed by atoms with van der Waals surface area (Å²) in [7, 11) is 0. The minimum absolute atomic E-state index is 0.344. The molecule has 10 nitrogen and oxygen atoms in total. The number of ether oxygens (including phenoxy) is 5. The van der Waals surface area contributed by atoms with Gasteiger partial charge in [-0.2, -0.15) is 4.99 Å². The average Bonchev–Trinajstić information content (AvgIpc) is 2.64. The van der Waals surface area contributed by atoms with Crippen molar-refractivity contribution in [2.45, 2.75) is 30.6 Å². The zero-order chi connectivity index (χ0) is 22.7. The average molecular weight is 393 g/mol. The number of carbonyl (C=O) groups excluding carboxylic acids is 4. The van der Waals surface area contributed by atoms with Crippen molar-refractivity contribution in [3.8, 4) is 0 Å². The van der Waals surface area contributed by atoms with Gasteiger partial charge < -0.3 is 42.9 Å². The second-order valence-electron chi connectivity index (χ2n) is 4.70. The lowest BCUT2D eigenvalue weighted by Crippen LogP contribution is -2.61. The molecule has 1 aliphatic heterocycles. The normalized spacial score (nSPS) is 30.1. The molecule has 0 aromatic carbocycles. The maximum absolute atomic E-state index is 11.1. The van der Waals surface area contributed by atoms with Crippen LogP contribution in [-0.4, -0.2) is 93.9 Å². The first kappa shape index (κ1) is 16.5. The monoisotopic (exact) mass is 393 g/mol. The molecule has 11 heteroatoms. The molecular weight excluding hydrogens is 370 g/mol. The molecule has 1 aliphatic rings. The summed E-state index contributed by atoms with van der Waals surface area (Å²) in [5.74, 6) is 0. The molecule has 0 radical (unpaired) electrons. The first-order chi connectivity index (χ1) is 14.1. The highest BCUT2D eigenvalue weighted by molar-refractivity contribution is 7.78. The van der Waals surface area contributed by atoms with E-state index in [2.05, 4.69) is 22.4 Å². The number of carbonyl (C=O) groups is 4. The number of aliphatic imine (C=N–C) groups is 1. The van der Waals surface area contributed by atoms with E-state index in [4.69, 9.17) is 29.2 Å². The molecule has 1 heterocycles. The Morgan fingerprint density at radius 2 is 1.46 bits per heavy atom. The van der Waals surface area contributed by atoms with Crippen LogP contribution in [0.3, 0.4) is 0 Å². The van der Waals surface area contributed by atoms with Crippen LogP contribution in [0.25, 0.3) is 0 Å². The Morgan fingerprint density at radius 3 is 2.00 bits per heavy atom. The van der Waals surface area contributed by atoms with Gasteiger partial charge in [-0.3, -0.25) is 0 Å². The molecule has 0 aromatic heterocycles. The topological polar surface area (TPSA) is 127 Å². The van der Waals surface area contributed by atoms with Gasteiger partial charge in [-0.05, 0) is 12.2 Å². The van der Waals surface area contributed by atoms with Gasteiger partial charge in [0.05, 0.1) is 11.8 Å². The zero-order valence-electron chi connectivity index (χ0n) is 17.5. The van der Waals surface area contributed by atoms with Crippen molar-refractivity contribution >= 4 is 42.4 Å². The van der Waals surface area contributed by atoms with Gasteiger partial charge in [0.2, 0.25) is 0 Å². The Kier molecular flexibility index (Phi) is 8.53. The summed E-state index contributed by atoms with van der Waals surface area (Å²) in [6.45, 7) is -3.05. The molecule has 0 bridgehead atoms. The van der Waals surface area contributed by atoms with Crippen LogP contribution < -0.4 is 0 Å². The molecule has 0 aromatic rings. The largest absolute Gasteiger partial charge is 0.371 e. The Labute approximate surface area is 160 Å². The minimum atomic E-state index is -1.27. The second kappa shape index (κ2) is 13.5. The molecule has 26 heavy (non-hydrogen) atoms. The van der Waals surface area contributed by atoms with E-state index in [-0.39, 0.29) is 6.61 Å². The van der Waals surface area contributed by atoms with Crippen LogP contribution in [0, 0.1) is 0 Å². The summed E-state index contributed by atoms with van der Waals surface area (Å²) >= 11 is 4.56. The summed E-state index contributed by atoms with van der Waals surface area (Å²) < 4.78 is 54.6. The lowest BCUT2D eigenvalue weighted by atomic mass is 9.97. The molecular formula is C15H19NO9S. The van der Waals surface area contributed by atoms with Gasteiger partial charge in [0.15, 0.2) is 6.23 Å². The van der Waals surface area contributed by atoms with E-state index < -0.39 is 82.1 Å². The number of hydrogen-bond donors (Lipinski definition) is 0. The van der Waals surface area contributed by atoms with Crippen LogP contribution in [0.2, 0.25) is 0 Å². The van der Waals surface area contributed by atoms with Crippen LogP contribution in [0.15, 0.2) is 4.99 Å². The summed E-state index contributed by atoms with van der Waals surface area (Å²) in [6.07, 6.45) is -10.4. The van der Waals surface area contributed by atoms with Crippen LogP contribution in [-0.2, 0) is 42.9 Å². The van der Waals surface area contributed by atoms with Gasteiger partial charge in [0.25, 0.3) is 0 Å². The van der Waals surface area contributed by atoms with Gasteiger partial charge in [0, 0.05) is 0 Å². The predicted molar refractivity (Wildman–Crippen MR) is 88.0 cm³/mol. The molecule has 0 aliphatic carbocycles. The highest BCUT2D eigenvalue weighted by Crippen LogP contribution is 2.29. The van der Waals surface area contributed by atoms with Crippen molar-refractivity contribution in [1.29, 1.82) is 0 Å². The fourth-order valence-electron chi connectivity index (χ4n) is 2.36. The molecule has 1 fully saturated rings. The first-order valence-corrected chi connectivity index (χ1v) is 7.69. The van der Waals surface area contributed by atoms with E-state index in [0.717, 1.165) is 0 Å². The summed E-state index contributed by atoms with van der Waals surface area (Å²) in [4.78, 5) is 47.7. The third-order valence-corrected chi connectivity index (χ3v) is 3.34. The number of nitrogens with zero attached hydrogens (tertiary/aromatic N) is 1. The Hall–Kier alpha value is -1.72. The van der Waals surface area contributed by atoms with Crippen molar-refractivity contribution < 1.29 is 48.3 Å². The molecule has 0 amide bonds. The SMILES string of the molecule is [2H]C(=O)COC[C@H]1OC(N=C=S)[C@H](OCC([2H])=O)[C@@H](OCC([2H])=O)[C@H]1OCC([2H])=O. The van der Waals surface area contributed by atoms with Gasteiger partial charge in [-0.25, -0.2) is 0 Å². The van der Waals surface area contributed by atoms with E-state index in [1.165, 1.54) is 0 Å². The zero-order valence-corrected chi connectivity index (χ0v) is 14.3. The van der Waals surface area contributed by atoms with Crippen LogP contribution >= 0.6 is 12.2 Å². The van der Waals surface area contributed by atoms with Gasteiger partial charge in [-0.15, -0.1) is 0 Å². The van der Waals surface area contributed by atoms with E-state index >= 15 is 0 Å². The molecule has 0 spiro atoms. The van der Waals surface area contributed by atoms with Crippen molar-refractivity contribution in [2.24, 2.45) is 4.99 Å². The Morgan fingerprint density at radius 1 is 0.923 bits per heavy atom. The van der Waals surface area contributed by atoms with E-state index in [9.17, 15) is 19.2 Å². The maximum Gasteiger partial charge on any atom is 0.187 e. The standard InChI is InChI=1S/C15H19NO9S/c17-1-5-21-9-11-12(22-6-2-18)13(23-7-3-19)14(24-8-4-20)15(25-11)16-10-26/h1-4,11-15H,5-9H2/t11-,12+,13+,14-,15?/m1/s1/i1D,2D,3D,4D. The lowest BCUT2D eigenvalue weighted by Gasteiger charge is -2.43. The molecule has 0 saturated carbocycles. The molecule has 0 N–H and O–H groups in total. The van der Waals surface area contributed by atoms with Crippen molar-refractivity contribution in [3.05, 3.63) is 0 Å². The van der Waals surface area contributed by atoms with Crippen LogP contribution in [0.5, 0.6) is 0 Å². The molecule has 1 rings (SSSR count). The minimum Gasteiger partial charge on any atom is -0.371 e. The van der Waals surface area contributed by atoms with Gasteiger partial charge >= 0.3 is 0 Å². The second-order valence-corrected chi connectivity index (χ2v) is 4.89. The summed E-state index contributed by atoms with van der Waals surface area (Å²) in [5.41, 5.74) is 0. The van der Waals surface area contributed by atoms with Crippen LogP contribution in [0.4, 0.5) is 0 Å². The number of hydrogen-bond acceptors (Lipinski definition) is 11. The summed E-state index contributed by atoms with van der Waals surface area (Å²) in [6, 6.07) is 0. The molecule has 144 valence electrons. The van der Waals surface area contributed by atoms with E-state index in [1.54, 1.807) is 0 Å². The van der Waals surface area contributed by atoms with E-state index in [0.29, 0.717) is 0 Å². The number of isothiocyanates is 1. The first-order valence-electron chi connectivity index (χ1n) is 9.28. The fraction of sp³-hybridized carbons (Fsp3) is 0.667. The summed E-state index contributed by atoms with van der Waals surface area (Å²) in [5, 5.41) is 2.06. The third kappa shape index (κ3) is 6.89. The number of aldehydes is 4. The van der Waals surface area contributed by atoms with Crippen molar-refractivity contribution in [3.63, 3.8) is 0 Å². The number of thiocarbonyl (C=S) groups is 1. The number of rotatable bonds is 14. The fourth-order valence-corrected chi connectivity index (χ4v) is 2.47. The Balaban J connectivity index is 3.21.